The molecule has 1 unspecified atom stereocenters. The van der Waals surface area contributed by atoms with Crippen LogP contribution in [0.15, 0.2) is 41.2 Å². The number of aromatic nitrogens is 2. The van der Waals surface area contributed by atoms with Crippen LogP contribution in [-0.2, 0) is 19.5 Å². The molecule has 0 aliphatic rings. The molecule has 1 aromatic heterocycles. The van der Waals surface area contributed by atoms with Crippen LogP contribution in [0.2, 0.25) is 0 Å². The third-order valence-electron chi connectivity index (χ3n) is 4.67. The zero-order valence-electron chi connectivity index (χ0n) is 16.3. The molecule has 0 saturated carbocycles. The molecule has 3 rings (SSSR count). The Morgan fingerprint density at radius 3 is 2.26 bits per heavy atom. The molecular formula is C21H26N3O3+. The van der Waals surface area contributed by atoms with Crippen molar-refractivity contribution in [3.63, 3.8) is 0 Å². The summed E-state index contributed by atoms with van der Waals surface area (Å²) < 4.78 is 10.6. The quantitative estimate of drug-likeness (QED) is 0.666. The van der Waals surface area contributed by atoms with E-state index >= 15 is 0 Å². The summed E-state index contributed by atoms with van der Waals surface area (Å²) >= 11 is 0. The fourth-order valence-corrected chi connectivity index (χ4v) is 3.19. The van der Waals surface area contributed by atoms with Gasteiger partial charge in [-0.1, -0.05) is 31.2 Å². The lowest BCUT2D eigenvalue weighted by molar-refractivity contribution is -0.908. The van der Waals surface area contributed by atoms with Crippen molar-refractivity contribution in [1.29, 1.82) is 0 Å². The molecule has 0 aliphatic heterocycles. The van der Waals surface area contributed by atoms with Crippen molar-refractivity contribution < 1.29 is 14.4 Å². The average molecular weight is 368 g/mol. The zero-order valence-corrected chi connectivity index (χ0v) is 16.3. The van der Waals surface area contributed by atoms with Crippen molar-refractivity contribution in [2.45, 2.75) is 26.4 Å². The van der Waals surface area contributed by atoms with E-state index in [-0.39, 0.29) is 5.56 Å². The third-order valence-corrected chi connectivity index (χ3v) is 4.67. The first-order valence-corrected chi connectivity index (χ1v) is 9.08. The number of nitrogens with one attached hydrogen (secondary N) is 2. The number of ether oxygens (including phenoxy) is 2. The molecule has 1 heterocycles. The summed E-state index contributed by atoms with van der Waals surface area (Å²) in [4.78, 5) is 21.2. The molecule has 0 aliphatic carbocycles. The van der Waals surface area contributed by atoms with Crippen molar-refractivity contribution in [2.75, 3.05) is 21.3 Å². The molecular weight excluding hydrogens is 342 g/mol. The van der Waals surface area contributed by atoms with Gasteiger partial charge >= 0.3 is 0 Å². The number of hydrogen-bond donors (Lipinski definition) is 2. The second-order valence-electron chi connectivity index (χ2n) is 6.72. The van der Waals surface area contributed by atoms with Gasteiger partial charge in [0.05, 0.1) is 32.2 Å². The highest BCUT2D eigenvalue weighted by molar-refractivity contribution is 5.81. The molecule has 0 saturated heterocycles. The molecule has 0 radical (unpaired) electrons. The van der Waals surface area contributed by atoms with E-state index in [9.17, 15) is 4.79 Å². The summed E-state index contributed by atoms with van der Waals surface area (Å²) in [5, 5.41) is 0.490. The Kier molecular flexibility index (Phi) is 5.76. The summed E-state index contributed by atoms with van der Waals surface area (Å²) in [5.41, 5.74) is 3.03. The Labute approximate surface area is 158 Å². The summed E-state index contributed by atoms with van der Waals surface area (Å²) in [5.74, 6) is 1.73. The van der Waals surface area contributed by atoms with E-state index in [2.05, 4.69) is 48.2 Å². The highest BCUT2D eigenvalue weighted by Crippen LogP contribution is 2.29. The van der Waals surface area contributed by atoms with Gasteiger partial charge in [0.2, 0.25) is 0 Å². The van der Waals surface area contributed by atoms with Gasteiger partial charge in [0.1, 0.15) is 13.1 Å². The van der Waals surface area contributed by atoms with E-state index < -0.39 is 0 Å². The summed E-state index contributed by atoms with van der Waals surface area (Å²) in [6.07, 6.45) is 1.04. The average Bonchev–Trinajstić information content (AvgIpc) is 2.67. The summed E-state index contributed by atoms with van der Waals surface area (Å²) in [6, 6.07) is 12.1. The van der Waals surface area contributed by atoms with Gasteiger partial charge in [0.15, 0.2) is 17.3 Å². The molecule has 1 atom stereocenters. The van der Waals surface area contributed by atoms with Crippen molar-refractivity contribution in [2.24, 2.45) is 0 Å². The lowest BCUT2D eigenvalue weighted by Crippen LogP contribution is -3.06. The van der Waals surface area contributed by atoms with Crippen molar-refractivity contribution in [3.8, 4) is 11.5 Å². The van der Waals surface area contributed by atoms with E-state index in [4.69, 9.17) is 9.47 Å². The molecule has 6 nitrogen and oxygen atoms in total. The smallest absolute Gasteiger partial charge is 0.259 e. The van der Waals surface area contributed by atoms with Crippen LogP contribution in [0.25, 0.3) is 10.9 Å². The van der Waals surface area contributed by atoms with Crippen LogP contribution < -0.4 is 19.9 Å². The predicted molar refractivity (Wildman–Crippen MR) is 106 cm³/mol. The molecule has 6 heteroatoms. The number of rotatable bonds is 7. The molecule has 0 spiro atoms. The fourth-order valence-electron chi connectivity index (χ4n) is 3.19. The van der Waals surface area contributed by atoms with Crippen LogP contribution in [-0.4, -0.2) is 31.2 Å². The number of aromatic amines is 1. The van der Waals surface area contributed by atoms with Gasteiger partial charge in [-0.05, 0) is 18.1 Å². The lowest BCUT2D eigenvalue weighted by atomic mass is 10.1. The molecule has 3 aromatic rings. The van der Waals surface area contributed by atoms with E-state index in [1.807, 2.05) is 0 Å². The van der Waals surface area contributed by atoms with Crippen molar-refractivity contribution in [1.82, 2.24) is 9.97 Å². The van der Waals surface area contributed by atoms with Gasteiger partial charge in [-0.2, -0.15) is 0 Å². The van der Waals surface area contributed by atoms with Gasteiger partial charge in [-0.15, -0.1) is 0 Å². The van der Waals surface area contributed by atoms with Crippen LogP contribution >= 0.6 is 0 Å². The van der Waals surface area contributed by atoms with Crippen molar-refractivity contribution in [3.05, 3.63) is 63.7 Å². The molecule has 0 fully saturated rings. The number of fused-ring (bicyclic) bond motifs is 1. The molecule has 2 aromatic carbocycles. The first-order chi connectivity index (χ1) is 13.0. The van der Waals surface area contributed by atoms with Crippen LogP contribution in [0.1, 0.15) is 23.9 Å². The predicted octanol–water partition coefficient (Wildman–Crippen LogP) is 1.72. The van der Waals surface area contributed by atoms with E-state index in [0.717, 1.165) is 13.0 Å². The van der Waals surface area contributed by atoms with Gasteiger partial charge in [0, 0.05) is 11.6 Å². The summed E-state index contributed by atoms with van der Waals surface area (Å²) in [6.45, 7) is 3.63. The normalized spacial score (nSPS) is 12.1. The first-order valence-electron chi connectivity index (χ1n) is 9.08. The Morgan fingerprint density at radius 2 is 1.63 bits per heavy atom. The SMILES string of the molecule is CCc1ccc(C[NH+](C)Cc2nc3cc(OC)c(OC)cc3c(=O)[nH]2)cc1. The minimum Gasteiger partial charge on any atom is -0.493 e. The molecule has 142 valence electrons. The molecule has 2 N–H and O–H groups in total. The Morgan fingerprint density at radius 1 is 1.00 bits per heavy atom. The Bertz CT molecular complexity index is 980. The van der Waals surface area contributed by atoms with Gasteiger partial charge in [0.25, 0.3) is 5.56 Å². The van der Waals surface area contributed by atoms with Crippen LogP contribution in [0.4, 0.5) is 0 Å². The standard InChI is InChI=1S/C21H25N3O3/c1-5-14-6-8-15(9-7-14)12-24(2)13-20-22-17-11-19(27-4)18(26-3)10-16(17)21(25)23-20/h6-11H,5,12-13H2,1-4H3,(H,22,23,25)/p+1. The van der Waals surface area contributed by atoms with Crippen molar-refractivity contribution >= 4 is 10.9 Å². The topological polar surface area (TPSA) is 68.7 Å². The largest absolute Gasteiger partial charge is 0.493 e. The van der Waals surface area contributed by atoms with Crippen LogP contribution in [0.5, 0.6) is 11.5 Å². The highest BCUT2D eigenvalue weighted by atomic mass is 16.5. The molecule has 0 amide bonds. The number of aryl methyl sites for hydroxylation is 1. The Balaban J connectivity index is 1.82. The summed E-state index contributed by atoms with van der Waals surface area (Å²) in [7, 11) is 5.21. The third kappa shape index (κ3) is 4.28. The number of H-pyrrole nitrogens is 1. The Hall–Kier alpha value is -2.86. The first kappa shape index (κ1) is 18.9. The van der Waals surface area contributed by atoms with Gasteiger partial charge in [-0.25, -0.2) is 4.98 Å². The number of quaternary nitrogens is 1. The minimum atomic E-state index is -0.170. The number of nitrogens with zero attached hydrogens (tertiary/aromatic N) is 1. The minimum absolute atomic E-state index is 0.170. The van der Waals surface area contributed by atoms with E-state index in [0.29, 0.717) is 34.8 Å². The maximum atomic E-state index is 12.5. The second-order valence-corrected chi connectivity index (χ2v) is 6.72. The maximum absolute atomic E-state index is 12.5. The lowest BCUT2D eigenvalue weighted by Gasteiger charge is -2.14. The van der Waals surface area contributed by atoms with Crippen LogP contribution in [0, 0.1) is 0 Å². The molecule has 27 heavy (non-hydrogen) atoms. The number of benzene rings is 2. The monoisotopic (exact) mass is 368 g/mol. The maximum Gasteiger partial charge on any atom is 0.259 e. The van der Waals surface area contributed by atoms with Gasteiger partial charge in [-0.3, -0.25) is 4.79 Å². The van der Waals surface area contributed by atoms with Gasteiger partial charge < -0.3 is 19.4 Å². The second kappa shape index (κ2) is 8.22. The van der Waals surface area contributed by atoms with E-state index in [1.165, 1.54) is 16.0 Å². The number of methoxy groups -OCH3 is 2. The number of hydrogen-bond acceptors (Lipinski definition) is 4. The fraction of sp³-hybridized carbons (Fsp3) is 0.333. The zero-order chi connectivity index (χ0) is 19.4. The highest BCUT2D eigenvalue weighted by Gasteiger charge is 2.13. The van der Waals surface area contributed by atoms with E-state index in [1.54, 1.807) is 26.4 Å². The van der Waals surface area contributed by atoms with Crippen LogP contribution in [0.3, 0.4) is 0 Å². The molecule has 0 bridgehead atoms.